The maximum Gasteiger partial charge on any atom is 0.0417 e. The normalized spacial score (nSPS) is 13.8. The van der Waals surface area contributed by atoms with Crippen molar-refractivity contribution in [2.75, 3.05) is 0 Å². The zero-order chi connectivity index (χ0) is 13.1. The molecule has 0 aromatic heterocycles. The molecule has 0 spiro atoms. The molecule has 0 radical (unpaired) electrons. The minimum atomic E-state index is 0.190. The van der Waals surface area contributed by atoms with E-state index < -0.39 is 0 Å². The smallest absolute Gasteiger partial charge is 0.0417 e. The first-order valence-corrected chi connectivity index (χ1v) is 7.24. The lowest BCUT2D eigenvalue weighted by Gasteiger charge is -2.21. The van der Waals surface area contributed by atoms with Gasteiger partial charge >= 0.3 is 0 Å². The number of nitrogens with two attached hydrogens (primary N) is 1. The van der Waals surface area contributed by atoms with Gasteiger partial charge in [-0.1, -0.05) is 45.4 Å². The Balaban J connectivity index is 2.95. The average Bonchev–Trinajstić information content (AvgIpc) is 2.19. The predicted molar refractivity (Wildman–Crippen MR) is 79.0 cm³/mol. The third-order valence-electron chi connectivity index (χ3n) is 2.45. The van der Waals surface area contributed by atoms with E-state index in [0.717, 1.165) is 17.9 Å². The molecule has 0 aliphatic rings. The summed E-state index contributed by atoms with van der Waals surface area (Å²) in [6.07, 6.45) is 1.92. The Morgan fingerprint density at radius 2 is 2.00 bits per heavy atom. The van der Waals surface area contributed by atoms with Crippen LogP contribution in [0.5, 0.6) is 0 Å². The van der Waals surface area contributed by atoms with Crippen LogP contribution in [0.1, 0.15) is 39.7 Å². The van der Waals surface area contributed by atoms with E-state index in [9.17, 15) is 0 Å². The molecule has 1 atom stereocenters. The Morgan fingerprint density at radius 1 is 1.35 bits per heavy atom. The monoisotopic (exact) mass is 271 g/mol. The van der Waals surface area contributed by atoms with Crippen LogP contribution in [0.25, 0.3) is 0 Å². The molecule has 1 unspecified atom stereocenters. The Hall–Kier alpha value is -0.180. The van der Waals surface area contributed by atoms with Gasteiger partial charge in [-0.2, -0.15) is 0 Å². The van der Waals surface area contributed by atoms with Crippen LogP contribution in [0, 0.1) is 0 Å². The van der Waals surface area contributed by atoms with Crippen LogP contribution in [0.3, 0.4) is 0 Å². The summed E-state index contributed by atoms with van der Waals surface area (Å²) in [5, 5.41) is 0.797. The Bertz CT molecular complexity index is 371. The van der Waals surface area contributed by atoms with Crippen molar-refractivity contribution >= 4 is 23.4 Å². The van der Waals surface area contributed by atoms with E-state index in [2.05, 4.69) is 39.8 Å². The van der Waals surface area contributed by atoms with Crippen LogP contribution in [0.4, 0.5) is 0 Å². The second kappa shape index (κ2) is 6.12. The molecular weight excluding hydrogens is 250 g/mol. The fourth-order valence-electron chi connectivity index (χ4n) is 1.55. The van der Waals surface area contributed by atoms with Crippen LogP contribution >= 0.6 is 23.4 Å². The summed E-state index contributed by atoms with van der Waals surface area (Å²) in [7, 11) is 0. The van der Waals surface area contributed by atoms with Crippen molar-refractivity contribution in [2.45, 2.75) is 56.2 Å². The highest BCUT2D eigenvalue weighted by molar-refractivity contribution is 8.00. The van der Waals surface area contributed by atoms with Gasteiger partial charge in [0.1, 0.15) is 0 Å². The molecule has 0 saturated heterocycles. The molecule has 1 aromatic carbocycles. The highest BCUT2D eigenvalue weighted by Gasteiger charge is 2.16. The molecule has 0 fully saturated rings. The Kier molecular flexibility index (Phi) is 5.36. The predicted octanol–water partition coefficient (Wildman–Crippen LogP) is 4.51. The van der Waals surface area contributed by atoms with Crippen LogP contribution in [-0.4, -0.2) is 10.8 Å². The summed E-state index contributed by atoms with van der Waals surface area (Å²) in [6, 6.07) is 6.34. The van der Waals surface area contributed by atoms with E-state index in [1.807, 2.05) is 17.8 Å². The van der Waals surface area contributed by atoms with Gasteiger partial charge in [0, 0.05) is 20.7 Å². The molecule has 3 heteroatoms. The second-order valence-corrected chi connectivity index (χ2v) is 7.64. The maximum absolute atomic E-state index is 6.07. The van der Waals surface area contributed by atoms with Gasteiger partial charge in [0.2, 0.25) is 0 Å². The van der Waals surface area contributed by atoms with Gasteiger partial charge in [-0.15, -0.1) is 11.8 Å². The standard InChI is InChI=1S/C14H22ClNS/c1-5-12(16)8-10-6-7-11(15)9-13(10)17-14(2,3)4/h6-7,9,12H,5,8,16H2,1-4H3. The van der Waals surface area contributed by atoms with E-state index in [4.69, 9.17) is 17.3 Å². The van der Waals surface area contributed by atoms with Gasteiger partial charge in [-0.3, -0.25) is 0 Å². The van der Waals surface area contributed by atoms with Crippen LogP contribution in [0.15, 0.2) is 23.1 Å². The minimum absolute atomic E-state index is 0.190. The fourth-order valence-corrected chi connectivity index (χ4v) is 2.91. The number of benzene rings is 1. The zero-order valence-corrected chi connectivity index (χ0v) is 12.7. The molecule has 2 N–H and O–H groups in total. The molecule has 17 heavy (non-hydrogen) atoms. The molecule has 0 bridgehead atoms. The van der Waals surface area contributed by atoms with Crippen molar-refractivity contribution < 1.29 is 0 Å². The molecule has 0 saturated carbocycles. The summed E-state index contributed by atoms with van der Waals surface area (Å²) in [6.45, 7) is 8.75. The lowest BCUT2D eigenvalue weighted by molar-refractivity contribution is 0.640. The van der Waals surface area contributed by atoms with E-state index in [1.54, 1.807) is 0 Å². The van der Waals surface area contributed by atoms with Crippen molar-refractivity contribution in [3.05, 3.63) is 28.8 Å². The Morgan fingerprint density at radius 3 is 2.53 bits per heavy atom. The largest absolute Gasteiger partial charge is 0.327 e. The third-order valence-corrected chi connectivity index (χ3v) is 3.90. The molecule has 1 aromatic rings. The van der Waals surface area contributed by atoms with Crippen molar-refractivity contribution in [2.24, 2.45) is 5.73 Å². The summed E-state index contributed by atoms with van der Waals surface area (Å²) < 4.78 is 0.190. The van der Waals surface area contributed by atoms with Gasteiger partial charge in [0.05, 0.1) is 0 Å². The van der Waals surface area contributed by atoms with E-state index in [0.29, 0.717) is 0 Å². The highest BCUT2D eigenvalue weighted by Crippen LogP contribution is 2.36. The van der Waals surface area contributed by atoms with Gasteiger partial charge in [-0.25, -0.2) is 0 Å². The molecule has 0 heterocycles. The molecule has 1 rings (SSSR count). The topological polar surface area (TPSA) is 26.0 Å². The SMILES string of the molecule is CCC(N)Cc1ccc(Cl)cc1SC(C)(C)C. The highest BCUT2D eigenvalue weighted by atomic mass is 35.5. The van der Waals surface area contributed by atoms with Gasteiger partial charge in [0.15, 0.2) is 0 Å². The Labute approximate surface area is 114 Å². The first-order valence-electron chi connectivity index (χ1n) is 6.05. The fraction of sp³-hybridized carbons (Fsp3) is 0.571. The number of halogens is 1. The van der Waals surface area contributed by atoms with Gasteiger partial charge in [0.25, 0.3) is 0 Å². The zero-order valence-electron chi connectivity index (χ0n) is 11.1. The van der Waals surface area contributed by atoms with Crippen molar-refractivity contribution in [3.8, 4) is 0 Å². The second-order valence-electron chi connectivity index (χ2n) is 5.34. The summed E-state index contributed by atoms with van der Waals surface area (Å²) in [4.78, 5) is 1.26. The van der Waals surface area contributed by atoms with E-state index in [-0.39, 0.29) is 10.8 Å². The number of thioether (sulfide) groups is 1. The van der Waals surface area contributed by atoms with Crippen LogP contribution in [0.2, 0.25) is 5.02 Å². The molecule has 96 valence electrons. The van der Waals surface area contributed by atoms with Crippen molar-refractivity contribution in [1.29, 1.82) is 0 Å². The van der Waals surface area contributed by atoms with E-state index >= 15 is 0 Å². The molecule has 0 amide bonds. The summed E-state index contributed by atoms with van der Waals surface area (Å²) >= 11 is 7.93. The van der Waals surface area contributed by atoms with Gasteiger partial charge < -0.3 is 5.73 Å². The van der Waals surface area contributed by atoms with Crippen molar-refractivity contribution in [1.82, 2.24) is 0 Å². The van der Waals surface area contributed by atoms with Crippen LogP contribution in [-0.2, 0) is 6.42 Å². The average molecular weight is 272 g/mol. The van der Waals surface area contributed by atoms with Gasteiger partial charge in [-0.05, 0) is 30.5 Å². The first-order chi connectivity index (χ1) is 7.81. The number of hydrogen-bond donors (Lipinski definition) is 1. The number of hydrogen-bond acceptors (Lipinski definition) is 2. The molecule has 1 nitrogen and oxygen atoms in total. The van der Waals surface area contributed by atoms with E-state index in [1.165, 1.54) is 10.5 Å². The first kappa shape index (κ1) is 14.9. The van der Waals surface area contributed by atoms with Crippen molar-refractivity contribution in [3.63, 3.8) is 0 Å². The van der Waals surface area contributed by atoms with Crippen LogP contribution < -0.4 is 5.73 Å². The summed E-state index contributed by atoms with van der Waals surface area (Å²) in [5.74, 6) is 0. The lowest BCUT2D eigenvalue weighted by atomic mass is 10.0. The lowest BCUT2D eigenvalue weighted by Crippen LogP contribution is -2.22. The summed E-state index contributed by atoms with van der Waals surface area (Å²) in [5.41, 5.74) is 7.34. The minimum Gasteiger partial charge on any atom is -0.327 e. The number of rotatable bonds is 4. The quantitative estimate of drug-likeness (QED) is 0.816. The molecule has 0 aliphatic heterocycles. The maximum atomic E-state index is 6.07. The molecular formula is C14H22ClNS. The molecule has 0 aliphatic carbocycles. The third kappa shape index (κ3) is 5.33.